The predicted octanol–water partition coefficient (Wildman–Crippen LogP) is 3.94. The molecule has 1 amide bonds. The molecular weight excluding hydrogens is 420 g/mol. The Labute approximate surface area is 192 Å². The first-order valence-electron chi connectivity index (χ1n) is 11.1. The van der Waals surface area contributed by atoms with Crippen LogP contribution >= 0.6 is 0 Å². The van der Waals surface area contributed by atoms with E-state index < -0.39 is 0 Å². The van der Waals surface area contributed by atoms with Crippen LogP contribution in [0.4, 0.5) is 0 Å². The van der Waals surface area contributed by atoms with Gasteiger partial charge in [-0.3, -0.25) is 9.69 Å². The summed E-state index contributed by atoms with van der Waals surface area (Å²) >= 11 is 0. The first kappa shape index (κ1) is 21.5. The van der Waals surface area contributed by atoms with E-state index in [1.165, 1.54) is 5.56 Å². The third-order valence-electron chi connectivity index (χ3n) is 6.25. The van der Waals surface area contributed by atoms with E-state index in [4.69, 9.17) is 14.0 Å². The third kappa shape index (κ3) is 4.30. The number of hydrogen-bond donors (Lipinski definition) is 1. The maximum Gasteiger partial charge on any atom is 0.251 e. The van der Waals surface area contributed by atoms with E-state index >= 15 is 0 Å². The molecule has 8 nitrogen and oxygen atoms in total. The van der Waals surface area contributed by atoms with Gasteiger partial charge in [-0.1, -0.05) is 38.1 Å². The van der Waals surface area contributed by atoms with E-state index in [-0.39, 0.29) is 30.2 Å². The monoisotopic (exact) mass is 448 g/mol. The summed E-state index contributed by atoms with van der Waals surface area (Å²) in [4.78, 5) is 19.5. The molecule has 2 aromatic carbocycles. The van der Waals surface area contributed by atoms with E-state index in [0.29, 0.717) is 41.7 Å². The summed E-state index contributed by atoms with van der Waals surface area (Å²) in [7, 11) is 2.00. The summed E-state index contributed by atoms with van der Waals surface area (Å²) < 4.78 is 16.4. The van der Waals surface area contributed by atoms with Crippen LogP contribution in [0.3, 0.4) is 0 Å². The van der Waals surface area contributed by atoms with Gasteiger partial charge in [-0.05, 0) is 54.8 Å². The number of ether oxygens (including phenoxy) is 2. The van der Waals surface area contributed by atoms with Crippen molar-refractivity contribution in [3.8, 4) is 22.9 Å². The highest BCUT2D eigenvalue weighted by atomic mass is 16.7. The molecule has 1 N–H and O–H groups in total. The minimum absolute atomic E-state index is 0.00399. The van der Waals surface area contributed by atoms with Crippen LogP contribution in [0, 0.1) is 0 Å². The van der Waals surface area contributed by atoms with Crippen molar-refractivity contribution in [1.82, 2.24) is 20.4 Å². The Morgan fingerprint density at radius 1 is 1.09 bits per heavy atom. The van der Waals surface area contributed by atoms with Gasteiger partial charge in [0, 0.05) is 23.7 Å². The molecule has 0 radical (unpaired) electrons. The number of rotatable bonds is 4. The van der Waals surface area contributed by atoms with Crippen LogP contribution in [0.5, 0.6) is 11.5 Å². The smallest absolute Gasteiger partial charge is 0.251 e. The molecule has 1 saturated heterocycles. The predicted molar refractivity (Wildman–Crippen MR) is 122 cm³/mol. The van der Waals surface area contributed by atoms with Crippen molar-refractivity contribution in [2.75, 3.05) is 20.4 Å². The molecule has 8 heteroatoms. The number of likely N-dealkylation sites (tertiary alicyclic amines) is 1. The zero-order chi connectivity index (χ0) is 23.2. The Kier molecular flexibility index (Phi) is 5.32. The largest absolute Gasteiger partial charge is 0.454 e. The molecule has 2 unspecified atom stereocenters. The highest BCUT2D eigenvalue weighted by Crippen LogP contribution is 2.36. The van der Waals surface area contributed by atoms with Gasteiger partial charge in [0.2, 0.25) is 18.5 Å². The summed E-state index contributed by atoms with van der Waals surface area (Å²) in [6.45, 7) is 7.40. The molecule has 2 aliphatic rings. The Morgan fingerprint density at radius 2 is 1.85 bits per heavy atom. The number of amides is 1. The molecule has 1 aromatic heterocycles. The average Bonchev–Trinajstić information content (AvgIpc) is 3.52. The lowest BCUT2D eigenvalue weighted by Gasteiger charge is -2.19. The lowest BCUT2D eigenvalue weighted by atomic mass is 9.86. The fraction of sp³-hybridized carbons (Fsp3) is 0.400. The van der Waals surface area contributed by atoms with Gasteiger partial charge in [0.15, 0.2) is 11.5 Å². The zero-order valence-electron chi connectivity index (χ0n) is 19.3. The molecule has 0 bridgehead atoms. The molecule has 1 fully saturated rings. The van der Waals surface area contributed by atoms with E-state index in [2.05, 4.69) is 41.1 Å². The maximum absolute atomic E-state index is 12.8. The van der Waals surface area contributed by atoms with Crippen molar-refractivity contribution in [3.05, 3.63) is 59.5 Å². The number of nitrogens with zero attached hydrogens (tertiary/aromatic N) is 3. The van der Waals surface area contributed by atoms with Crippen molar-refractivity contribution in [3.63, 3.8) is 0 Å². The number of nitrogens with one attached hydrogen (secondary N) is 1. The Morgan fingerprint density at radius 3 is 2.61 bits per heavy atom. The van der Waals surface area contributed by atoms with Crippen molar-refractivity contribution in [2.24, 2.45) is 0 Å². The van der Waals surface area contributed by atoms with Crippen molar-refractivity contribution < 1.29 is 18.8 Å². The minimum Gasteiger partial charge on any atom is -0.454 e. The Bertz CT molecular complexity index is 1170. The highest BCUT2D eigenvalue weighted by Gasteiger charge is 2.35. The summed E-state index contributed by atoms with van der Waals surface area (Å²) in [6, 6.07) is 13.3. The molecular formula is C25H28N4O4. The maximum atomic E-state index is 12.8. The SMILES string of the molecule is CN1CC(NC(=O)c2ccc(C(C)(C)C)cc2)CC1c1nc(-c2ccc3c(c2)OCO3)no1. The van der Waals surface area contributed by atoms with Gasteiger partial charge in [0.1, 0.15) is 0 Å². The fourth-order valence-electron chi connectivity index (χ4n) is 4.31. The third-order valence-corrected chi connectivity index (χ3v) is 6.25. The molecule has 5 rings (SSSR count). The van der Waals surface area contributed by atoms with E-state index in [0.717, 1.165) is 5.56 Å². The Hall–Kier alpha value is -3.39. The molecule has 0 saturated carbocycles. The molecule has 172 valence electrons. The number of hydrogen-bond acceptors (Lipinski definition) is 7. The Balaban J connectivity index is 1.24. The fourth-order valence-corrected chi connectivity index (χ4v) is 4.31. The second kappa shape index (κ2) is 8.19. The lowest BCUT2D eigenvalue weighted by Crippen LogP contribution is -2.36. The molecule has 2 atom stereocenters. The molecule has 0 aliphatic carbocycles. The number of carbonyl (C=O) groups is 1. The number of fused-ring (bicyclic) bond motifs is 1. The second-order valence-electron chi connectivity index (χ2n) is 9.71. The van der Waals surface area contributed by atoms with E-state index in [9.17, 15) is 4.79 Å². The number of carbonyl (C=O) groups excluding carboxylic acids is 1. The van der Waals surface area contributed by atoms with Crippen LogP contribution in [0.1, 0.15) is 55.0 Å². The molecule has 33 heavy (non-hydrogen) atoms. The molecule has 3 heterocycles. The minimum atomic E-state index is -0.0684. The number of benzene rings is 2. The molecule has 3 aromatic rings. The summed E-state index contributed by atoms with van der Waals surface area (Å²) in [5, 5.41) is 7.31. The second-order valence-corrected chi connectivity index (χ2v) is 9.71. The zero-order valence-corrected chi connectivity index (χ0v) is 19.3. The van der Waals surface area contributed by atoms with Crippen molar-refractivity contribution in [2.45, 2.75) is 44.7 Å². The highest BCUT2D eigenvalue weighted by molar-refractivity contribution is 5.94. The van der Waals surface area contributed by atoms with Gasteiger partial charge in [0.25, 0.3) is 5.91 Å². The van der Waals surface area contributed by atoms with Crippen LogP contribution in [0.25, 0.3) is 11.4 Å². The number of aromatic nitrogens is 2. The topological polar surface area (TPSA) is 89.7 Å². The van der Waals surface area contributed by atoms with Gasteiger partial charge >= 0.3 is 0 Å². The van der Waals surface area contributed by atoms with Crippen LogP contribution < -0.4 is 14.8 Å². The van der Waals surface area contributed by atoms with Crippen molar-refractivity contribution >= 4 is 5.91 Å². The van der Waals surface area contributed by atoms with Gasteiger partial charge in [0.05, 0.1) is 6.04 Å². The number of likely N-dealkylation sites (N-methyl/N-ethyl adjacent to an activating group) is 1. The van der Waals surface area contributed by atoms with Gasteiger partial charge in [-0.15, -0.1) is 0 Å². The van der Waals surface area contributed by atoms with Gasteiger partial charge in [-0.25, -0.2) is 0 Å². The lowest BCUT2D eigenvalue weighted by molar-refractivity contribution is 0.0938. The molecule has 2 aliphatic heterocycles. The van der Waals surface area contributed by atoms with E-state index in [1.54, 1.807) is 0 Å². The van der Waals surface area contributed by atoms with Crippen LogP contribution in [-0.2, 0) is 5.41 Å². The van der Waals surface area contributed by atoms with Crippen LogP contribution in [0.15, 0.2) is 47.0 Å². The van der Waals surface area contributed by atoms with Gasteiger partial charge in [-0.2, -0.15) is 4.98 Å². The quantitative estimate of drug-likeness (QED) is 0.647. The van der Waals surface area contributed by atoms with Crippen LogP contribution in [-0.4, -0.2) is 47.4 Å². The van der Waals surface area contributed by atoms with Gasteiger partial charge < -0.3 is 19.3 Å². The first-order chi connectivity index (χ1) is 15.8. The first-order valence-corrected chi connectivity index (χ1v) is 11.1. The normalized spacial score (nSPS) is 20.2. The molecule has 0 spiro atoms. The summed E-state index contributed by atoms with van der Waals surface area (Å²) in [6.07, 6.45) is 0.699. The standard InChI is InChI=1S/C25H28N4O4/c1-25(2,3)17-8-5-15(6-9-17)23(30)26-18-12-19(29(4)13-18)24-27-22(28-33-24)16-7-10-20-21(11-16)32-14-31-20/h5-11,18-19H,12-14H2,1-4H3,(H,26,30). The van der Waals surface area contributed by atoms with E-state index in [1.807, 2.05) is 49.5 Å². The average molecular weight is 449 g/mol. The van der Waals surface area contributed by atoms with Crippen molar-refractivity contribution in [1.29, 1.82) is 0 Å². The summed E-state index contributed by atoms with van der Waals surface area (Å²) in [5.74, 6) is 2.36. The van der Waals surface area contributed by atoms with Crippen LogP contribution in [0.2, 0.25) is 0 Å². The summed E-state index contributed by atoms with van der Waals surface area (Å²) in [5.41, 5.74) is 2.73.